The number of carbonyl (C=O) groups excluding carboxylic acids is 4. The molecule has 3 aliphatic heterocycles. The highest BCUT2D eigenvalue weighted by atomic mass is 79.9. The molecule has 0 aliphatic carbocycles. The smallest absolute Gasteiger partial charge is 0.250 e. The van der Waals surface area contributed by atoms with Gasteiger partial charge in [-0.15, -0.1) is 0 Å². The van der Waals surface area contributed by atoms with Crippen molar-refractivity contribution >= 4 is 45.2 Å². The summed E-state index contributed by atoms with van der Waals surface area (Å²) < 4.78 is 0.765. The molecule has 0 unspecified atom stereocenters. The quantitative estimate of drug-likeness (QED) is 0.568. The van der Waals surface area contributed by atoms with Crippen molar-refractivity contribution in [2.24, 2.45) is 17.6 Å². The maximum absolute atomic E-state index is 13.5. The minimum absolute atomic E-state index is 0.0642. The molecular formula is C20H23BrN4O4. The molecule has 154 valence electrons. The molecule has 8 nitrogen and oxygen atoms in total. The number of nitrogens with zero attached hydrogens (tertiary/aromatic N) is 1. The summed E-state index contributed by atoms with van der Waals surface area (Å²) in [7, 11) is 0. The van der Waals surface area contributed by atoms with Crippen molar-refractivity contribution in [1.82, 2.24) is 10.2 Å². The zero-order valence-electron chi connectivity index (χ0n) is 16.2. The van der Waals surface area contributed by atoms with Crippen LogP contribution >= 0.6 is 15.9 Å². The van der Waals surface area contributed by atoms with Crippen LogP contribution in [-0.2, 0) is 24.7 Å². The van der Waals surface area contributed by atoms with Crippen LogP contribution in [0.3, 0.4) is 0 Å². The van der Waals surface area contributed by atoms with Crippen molar-refractivity contribution in [2.75, 3.05) is 5.32 Å². The van der Waals surface area contributed by atoms with Gasteiger partial charge in [-0.25, -0.2) is 0 Å². The fourth-order valence-electron chi connectivity index (χ4n) is 4.96. The van der Waals surface area contributed by atoms with E-state index in [4.69, 9.17) is 5.73 Å². The van der Waals surface area contributed by atoms with E-state index in [1.54, 1.807) is 12.1 Å². The number of halogens is 1. The van der Waals surface area contributed by atoms with E-state index in [1.165, 1.54) is 4.90 Å². The van der Waals surface area contributed by atoms with Gasteiger partial charge in [0.25, 0.3) is 0 Å². The lowest BCUT2D eigenvalue weighted by molar-refractivity contribution is -0.145. The van der Waals surface area contributed by atoms with Gasteiger partial charge in [0.1, 0.15) is 5.54 Å². The molecule has 4 rings (SSSR count). The Labute approximate surface area is 176 Å². The lowest BCUT2D eigenvalue weighted by Crippen LogP contribution is -2.54. The maximum atomic E-state index is 13.5. The Bertz CT molecular complexity index is 935. The van der Waals surface area contributed by atoms with Gasteiger partial charge in [0, 0.05) is 34.2 Å². The molecule has 0 bridgehead atoms. The summed E-state index contributed by atoms with van der Waals surface area (Å²) in [5, 5.41) is 6.14. The number of hydrogen-bond acceptors (Lipinski definition) is 5. The van der Waals surface area contributed by atoms with Crippen LogP contribution < -0.4 is 16.4 Å². The fourth-order valence-corrected chi connectivity index (χ4v) is 5.32. The third-order valence-electron chi connectivity index (χ3n) is 6.44. The molecule has 0 saturated carbocycles. The van der Waals surface area contributed by atoms with Crippen LogP contribution in [0.5, 0.6) is 0 Å². The highest BCUT2D eigenvalue weighted by Gasteiger charge is 2.70. The summed E-state index contributed by atoms with van der Waals surface area (Å²) >= 11 is 3.44. The summed E-state index contributed by atoms with van der Waals surface area (Å²) in [6.45, 7) is 3.74. The van der Waals surface area contributed by atoms with Gasteiger partial charge in [0.15, 0.2) is 0 Å². The lowest BCUT2D eigenvalue weighted by Gasteiger charge is -2.31. The molecule has 2 saturated heterocycles. The normalized spacial score (nSPS) is 31.2. The Morgan fingerprint density at radius 2 is 2.03 bits per heavy atom. The first-order chi connectivity index (χ1) is 13.7. The number of benzene rings is 1. The van der Waals surface area contributed by atoms with Crippen molar-refractivity contribution in [2.45, 2.75) is 50.7 Å². The zero-order valence-corrected chi connectivity index (χ0v) is 17.8. The monoisotopic (exact) mass is 462 g/mol. The van der Waals surface area contributed by atoms with Crippen LogP contribution in [0.25, 0.3) is 0 Å². The predicted molar refractivity (Wildman–Crippen MR) is 108 cm³/mol. The summed E-state index contributed by atoms with van der Waals surface area (Å²) in [6, 6.07) is 4.61. The molecule has 0 aromatic heterocycles. The van der Waals surface area contributed by atoms with Gasteiger partial charge in [-0.2, -0.15) is 0 Å². The topological polar surface area (TPSA) is 122 Å². The van der Waals surface area contributed by atoms with Gasteiger partial charge in [0.2, 0.25) is 23.6 Å². The molecule has 5 atom stereocenters. The Hall–Kier alpha value is -2.26. The average Bonchev–Trinajstić information content (AvgIpc) is 3.25. The highest BCUT2D eigenvalue weighted by Crippen LogP contribution is 2.54. The molecule has 3 heterocycles. The standard InChI is InChI=1S/C20H23BrN4O4/c1-3-9(2)25-17(27)15-13(6-7-14(22)26)24-20(16(15)18(25)28)11-8-10(21)4-5-12(11)23-19(20)29/h4-5,8-9,13,15-16,24H,3,6-7H2,1-2H3,(H2,22,26)(H,23,29)/t9-,13-,15-,16+,20+/m1/s1. The molecule has 3 aliphatic rings. The van der Waals surface area contributed by atoms with Crippen LogP contribution in [-0.4, -0.2) is 40.6 Å². The highest BCUT2D eigenvalue weighted by molar-refractivity contribution is 9.10. The van der Waals surface area contributed by atoms with E-state index in [1.807, 2.05) is 19.9 Å². The SMILES string of the molecule is CC[C@@H](C)N1C(=O)[C@H]2[C@@H](C1=O)[C@]1(N[C@@H]2CCC(N)=O)C(=O)Nc2ccc(Br)cc21. The Morgan fingerprint density at radius 1 is 1.31 bits per heavy atom. The number of amides is 4. The number of nitrogens with one attached hydrogen (secondary N) is 2. The zero-order chi connectivity index (χ0) is 21.1. The van der Waals surface area contributed by atoms with E-state index in [9.17, 15) is 19.2 Å². The number of anilines is 1. The predicted octanol–water partition coefficient (Wildman–Crippen LogP) is 1.23. The lowest BCUT2D eigenvalue weighted by atomic mass is 9.76. The van der Waals surface area contributed by atoms with Crippen molar-refractivity contribution in [1.29, 1.82) is 0 Å². The summed E-state index contributed by atoms with van der Waals surface area (Å²) in [4.78, 5) is 52.7. The van der Waals surface area contributed by atoms with Gasteiger partial charge in [-0.05, 0) is 38.0 Å². The number of fused-ring (bicyclic) bond motifs is 4. The molecular weight excluding hydrogens is 440 g/mol. The number of primary amides is 1. The van der Waals surface area contributed by atoms with Crippen LogP contribution in [0, 0.1) is 11.8 Å². The first-order valence-electron chi connectivity index (χ1n) is 9.76. The van der Waals surface area contributed by atoms with E-state index >= 15 is 0 Å². The molecule has 1 aromatic carbocycles. The number of likely N-dealkylation sites (tertiary alicyclic amines) is 1. The van der Waals surface area contributed by atoms with Gasteiger partial charge in [-0.1, -0.05) is 22.9 Å². The third-order valence-corrected chi connectivity index (χ3v) is 6.94. The first kappa shape index (κ1) is 20.0. The van der Waals surface area contributed by atoms with Crippen molar-refractivity contribution in [3.8, 4) is 0 Å². The number of carbonyl (C=O) groups is 4. The molecule has 29 heavy (non-hydrogen) atoms. The van der Waals surface area contributed by atoms with Crippen molar-refractivity contribution in [3.63, 3.8) is 0 Å². The van der Waals surface area contributed by atoms with Crippen LogP contribution in [0.1, 0.15) is 38.7 Å². The van der Waals surface area contributed by atoms with Gasteiger partial charge in [0.05, 0.1) is 11.8 Å². The van der Waals surface area contributed by atoms with Crippen molar-refractivity contribution in [3.05, 3.63) is 28.2 Å². The average molecular weight is 463 g/mol. The largest absolute Gasteiger partial charge is 0.370 e. The van der Waals surface area contributed by atoms with E-state index in [-0.39, 0.29) is 36.6 Å². The third kappa shape index (κ3) is 2.74. The molecule has 4 amide bonds. The van der Waals surface area contributed by atoms with Gasteiger partial charge < -0.3 is 11.1 Å². The van der Waals surface area contributed by atoms with Crippen LogP contribution in [0.15, 0.2) is 22.7 Å². The summed E-state index contributed by atoms with van der Waals surface area (Å²) in [5.41, 5.74) is 5.23. The first-order valence-corrected chi connectivity index (χ1v) is 10.6. The molecule has 2 fully saturated rings. The van der Waals surface area contributed by atoms with Crippen LogP contribution in [0.2, 0.25) is 0 Å². The van der Waals surface area contributed by atoms with Crippen LogP contribution in [0.4, 0.5) is 5.69 Å². The summed E-state index contributed by atoms with van der Waals surface area (Å²) in [6.07, 6.45) is 0.967. The van der Waals surface area contributed by atoms with E-state index in [2.05, 4.69) is 26.6 Å². The molecule has 9 heteroatoms. The van der Waals surface area contributed by atoms with E-state index in [0.717, 1.165) is 4.47 Å². The minimum atomic E-state index is -1.35. The number of rotatable bonds is 5. The van der Waals surface area contributed by atoms with Gasteiger partial charge >= 0.3 is 0 Å². The maximum Gasteiger partial charge on any atom is 0.250 e. The number of imide groups is 1. The minimum Gasteiger partial charge on any atom is -0.370 e. The van der Waals surface area contributed by atoms with E-state index < -0.39 is 29.3 Å². The molecule has 1 aromatic rings. The number of nitrogens with two attached hydrogens (primary N) is 1. The second-order valence-electron chi connectivity index (χ2n) is 8.02. The molecule has 1 spiro atoms. The second kappa shape index (κ2) is 6.91. The molecule has 0 radical (unpaired) electrons. The fraction of sp³-hybridized carbons (Fsp3) is 0.500. The Kier molecular flexibility index (Phi) is 4.77. The Balaban J connectivity index is 1.85. The summed E-state index contributed by atoms with van der Waals surface area (Å²) in [5.74, 6) is -3.05. The second-order valence-corrected chi connectivity index (χ2v) is 8.93. The van der Waals surface area contributed by atoms with E-state index in [0.29, 0.717) is 17.7 Å². The number of hydrogen-bond donors (Lipinski definition) is 3. The molecule has 4 N–H and O–H groups in total. The van der Waals surface area contributed by atoms with Crippen molar-refractivity contribution < 1.29 is 19.2 Å². The Morgan fingerprint density at radius 3 is 2.69 bits per heavy atom. The van der Waals surface area contributed by atoms with Gasteiger partial charge in [-0.3, -0.25) is 29.4 Å².